The van der Waals surface area contributed by atoms with Crippen LogP contribution < -0.4 is 5.59 Å². The zero-order valence-corrected chi connectivity index (χ0v) is 7.91. The summed E-state index contributed by atoms with van der Waals surface area (Å²) in [5.41, 5.74) is 1.89. The van der Waals surface area contributed by atoms with Crippen LogP contribution in [-0.2, 0) is 0 Å². The monoisotopic (exact) mass is 200 g/mol. The molecule has 4 nitrogen and oxygen atoms in total. The number of rotatable bonds is 2. The zero-order valence-electron chi connectivity index (χ0n) is 7.91. The van der Waals surface area contributed by atoms with Gasteiger partial charge in [0.05, 0.1) is 11.3 Å². The molecule has 0 aliphatic heterocycles. The van der Waals surface area contributed by atoms with E-state index in [1.807, 2.05) is 18.2 Å². The summed E-state index contributed by atoms with van der Waals surface area (Å²) >= 11 is 0. The van der Waals surface area contributed by atoms with E-state index in [9.17, 15) is 0 Å². The molecule has 0 spiro atoms. The number of aromatic nitrogens is 2. The topological polar surface area (TPSA) is 66.2 Å². The fourth-order valence-corrected chi connectivity index (χ4v) is 1.24. The van der Waals surface area contributed by atoms with Gasteiger partial charge in [-0.1, -0.05) is 12.1 Å². The molecule has 15 heavy (non-hydrogen) atoms. The molecule has 0 bridgehead atoms. The van der Waals surface area contributed by atoms with Crippen molar-refractivity contribution in [2.24, 2.45) is 0 Å². The maximum Gasteiger partial charge on any atom is 0.508 e. The van der Waals surface area contributed by atoms with Crippen molar-refractivity contribution in [3.05, 3.63) is 42.7 Å². The highest BCUT2D eigenvalue weighted by molar-refractivity contribution is 6.57. The first-order valence-electron chi connectivity index (χ1n) is 4.51. The van der Waals surface area contributed by atoms with Crippen LogP contribution in [0.15, 0.2) is 42.7 Å². The fraction of sp³-hybridized carbons (Fsp3) is 0. The summed E-state index contributed by atoms with van der Waals surface area (Å²) < 4.78 is 0. The van der Waals surface area contributed by atoms with E-state index in [-0.39, 0.29) is 5.59 Å². The lowest BCUT2D eigenvalue weighted by Gasteiger charge is -2.01. The van der Waals surface area contributed by atoms with Crippen LogP contribution in [0.25, 0.3) is 11.3 Å². The van der Waals surface area contributed by atoms with Crippen LogP contribution in [0.2, 0.25) is 0 Å². The Hall–Kier alpha value is -1.72. The summed E-state index contributed by atoms with van der Waals surface area (Å²) in [7, 11) is -1.53. The summed E-state index contributed by atoms with van der Waals surface area (Å²) in [5.74, 6) is 0. The van der Waals surface area contributed by atoms with Crippen LogP contribution in [0.3, 0.4) is 0 Å². The molecule has 0 radical (unpaired) electrons. The number of pyridine rings is 2. The van der Waals surface area contributed by atoms with E-state index in [1.165, 1.54) is 0 Å². The van der Waals surface area contributed by atoms with Crippen molar-refractivity contribution < 1.29 is 10.0 Å². The maximum atomic E-state index is 8.86. The molecule has 0 saturated heterocycles. The van der Waals surface area contributed by atoms with Crippen molar-refractivity contribution in [1.82, 2.24) is 9.97 Å². The minimum atomic E-state index is -1.53. The molecule has 2 heterocycles. The Morgan fingerprint density at radius 3 is 2.40 bits per heavy atom. The van der Waals surface area contributed by atoms with Crippen molar-refractivity contribution >= 4 is 12.7 Å². The Balaban J connectivity index is 2.32. The summed E-state index contributed by atoms with van der Waals surface area (Å²) in [4.78, 5) is 8.07. The number of hydrogen-bond acceptors (Lipinski definition) is 4. The highest BCUT2D eigenvalue weighted by Crippen LogP contribution is 2.12. The minimum absolute atomic E-state index is 0.231. The molecule has 74 valence electrons. The van der Waals surface area contributed by atoms with Crippen molar-refractivity contribution in [2.45, 2.75) is 0 Å². The lowest BCUT2D eigenvalue weighted by Crippen LogP contribution is -2.32. The van der Waals surface area contributed by atoms with Gasteiger partial charge in [-0.15, -0.1) is 0 Å². The minimum Gasteiger partial charge on any atom is -0.422 e. The van der Waals surface area contributed by atoms with E-state index < -0.39 is 7.12 Å². The Morgan fingerprint density at radius 2 is 1.87 bits per heavy atom. The van der Waals surface area contributed by atoms with E-state index in [0.29, 0.717) is 0 Å². The van der Waals surface area contributed by atoms with Gasteiger partial charge in [-0.25, -0.2) is 0 Å². The van der Waals surface area contributed by atoms with Gasteiger partial charge in [0, 0.05) is 18.0 Å². The molecule has 0 atom stereocenters. The standard InChI is InChI=1S/C10H9BN2O2/c14-11(15)10-5-4-8(7-13-10)9-3-1-2-6-12-9/h1-7,14-15H. The van der Waals surface area contributed by atoms with Crippen LogP contribution in [-0.4, -0.2) is 27.1 Å². The van der Waals surface area contributed by atoms with Gasteiger partial charge in [0.15, 0.2) is 0 Å². The average molecular weight is 200 g/mol. The molecule has 0 fully saturated rings. The van der Waals surface area contributed by atoms with E-state index in [0.717, 1.165) is 11.3 Å². The second-order valence-electron chi connectivity index (χ2n) is 3.06. The third kappa shape index (κ3) is 2.20. The van der Waals surface area contributed by atoms with Gasteiger partial charge < -0.3 is 10.0 Å². The van der Waals surface area contributed by atoms with E-state index in [2.05, 4.69) is 9.97 Å². The summed E-state index contributed by atoms with van der Waals surface area (Å²) in [6.45, 7) is 0. The zero-order chi connectivity index (χ0) is 10.7. The van der Waals surface area contributed by atoms with Crippen LogP contribution in [0.1, 0.15) is 0 Å². The molecule has 0 aliphatic rings. The van der Waals surface area contributed by atoms with Crippen molar-refractivity contribution in [3.8, 4) is 11.3 Å². The first kappa shape index (κ1) is 9.83. The first-order valence-corrected chi connectivity index (χ1v) is 4.51. The molecule has 0 aliphatic carbocycles. The molecule has 0 saturated carbocycles. The van der Waals surface area contributed by atoms with Crippen molar-refractivity contribution in [3.63, 3.8) is 0 Å². The molecule has 2 rings (SSSR count). The van der Waals surface area contributed by atoms with Crippen LogP contribution in [0, 0.1) is 0 Å². The lowest BCUT2D eigenvalue weighted by molar-refractivity contribution is 0.424. The molecule has 0 amide bonds. The maximum absolute atomic E-state index is 8.86. The van der Waals surface area contributed by atoms with Crippen LogP contribution >= 0.6 is 0 Å². The largest absolute Gasteiger partial charge is 0.508 e. The Morgan fingerprint density at radius 1 is 1.00 bits per heavy atom. The van der Waals surface area contributed by atoms with Crippen LogP contribution in [0.5, 0.6) is 0 Å². The molecular weight excluding hydrogens is 191 g/mol. The fourth-order valence-electron chi connectivity index (χ4n) is 1.24. The number of nitrogens with zero attached hydrogens (tertiary/aromatic N) is 2. The molecule has 0 aromatic carbocycles. The van der Waals surface area contributed by atoms with E-state index >= 15 is 0 Å². The second-order valence-corrected chi connectivity index (χ2v) is 3.06. The number of hydrogen-bond donors (Lipinski definition) is 2. The third-order valence-electron chi connectivity index (χ3n) is 2.01. The normalized spacial score (nSPS) is 10.0. The molecule has 2 aromatic rings. The van der Waals surface area contributed by atoms with Crippen LogP contribution in [0.4, 0.5) is 0 Å². The molecule has 5 heteroatoms. The summed E-state index contributed by atoms with van der Waals surface area (Å²) in [6, 6.07) is 8.91. The van der Waals surface area contributed by atoms with E-state index in [1.54, 1.807) is 24.5 Å². The van der Waals surface area contributed by atoms with Gasteiger partial charge in [0.1, 0.15) is 0 Å². The van der Waals surface area contributed by atoms with Gasteiger partial charge in [0.25, 0.3) is 0 Å². The Labute approximate surface area is 87.4 Å². The third-order valence-corrected chi connectivity index (χ3v) is 2.01. The van der Waals surface area contributed by atoms with Crippen molar-refractivity contribution in [1.29, 1.82) is 0 Å². The van der Waals surface area contributed by atoms with Gasteiger partial charge >= 0.3 is 7.12 Å². The average Bonchev–Trinajstić information content (AvgIpc) is 2.30. The highest BCUT2D eigenvalue weighted by atomic mass is 16.4. The van der Waals surface area contributed by atoms with Gasteiger partial charge in [-0.3, -0.25) is 9.97 Å². The lowest BCUT2D eigenvalue weighted by atomic mass is 9.85. The Kier molecular flexibility index (Phi) is 2.76. The summed E-state index contributed by atoms with van der Waals surface area (Å²) in [5, 5.41) is 17.7. The summed E-state index contributed by atoms with van der Waals surface area (Å²) in [6.07, 6.45) is 3.27. The smallest absolute Gasteiger partial charge is 0.422 e. The van der Waals surface area contributed by atoms with Crippen molar-refractivity contribution in [2.75, 3.05) is 0 Å². The predicted molar refractivity (Wildman–Crippen MR) is 57.3 cm³/mol. The SMILES string of the molecule is OB(O)c1ccc(-c2ccccn2)cn1. The molecule has 2 N–H and O–H groups in total. The van der Waals surface area contributed by atoms with Gasteiger partial charge in [-0.2, -0.15) is 0 Å². The quantitative estimate of drug-likeness (QED) is 0.660. The highest BCUT2D eigenvalue weighted by Gasteiger charge is 2.12. The predicted octanol–water partition coefficient (Wildman–Crippen LogP) is -0.177. The van der Waals surface area contributed by atoms with E-state index in [4.69, 9.17) is 10.0 Å². The Bertz CT molecular complexity index is 431. The molecule has 2 aromatic heterocycles. The first-order chi connectivity index (χ1) is 7.27. The molecule has 0 unspecified atom stereocenters. The molecular formula is C10H9BN2O2. The van der Waals surface area contributed by atoms with Gasteiger partial charge in [0.2, 0.25) is 0 Å². The van der Waals surface area contributed by atoms with Gasteiger partial charge in [-0.05, 0) is 18.2 Å². The second kappa shape index (κ2) is 4.21.